The van der Waals surface area contributed by atoms with E-state index in [4.69, 9.17) is 17.3 Å². The molecule has 1 aromatic rings. The van der Waals surface area contributed by atoms with Crippen LogP contribution in [0.25, 0.3) is 0 Å². The Morgan fingerprint density at radius 3 is 2.94 bits per heavy atom. The first-order valence-electron chi connectivity index (χ1n) is 4.97. The number of halogens is 1. The topological polar surface area (TPSA) is 55.1 Å². The van der Waals surface area contributed by atoms with Crippen LogP contribution in [0.3, 0.4) is 0 Å². The molecule has 0 spiro atoms. The number of carbonyl (C=O) groups is 1. The number of benzene rings is 1. The van der Waals surface area contributed by atoms with Crippen molar-refractivity contribution in [3.63, 3.8) is 0 Å². The molecule has 0 saturated carbocycles. The highest BCUT2D eigenvalue weighted by Crippen LogP contribution is 2.19. The van der Waals surface area contributed by atoms with E-state index < -0.39 is 0 Å². The lowest BCUT2D eigenvalue weighted by Gasteiger charge is -2.05. The molecule has 0 unspecified atom stereocenters. The smallest absolute Gasteiger partial charge is 0.251 e. The first-order chi connectivity index (χ1) is 7.65. The van der Waals surface area contributed by atoms with Crippen LogP contribution in [0.2, 0.25) is 5.02 Å². The van der Waals surface area contributed by atoms with Crippen molar-refractivity contribution in [1.29, 1.82) is 0 Å². The van der Waals surface area contributed by atoms with Gasteiger partial charge in [0.2, 0.25) is 0 Å². The van der Waals surface area contributed by atoms with Gasteiger partial charge in [-0.2, -0.15) is 11.8 Å². The van der Waals surface area contributed by atoms with E-state index in [1.165, 1.54) is 0 Å². The van der Waals surface area contributed by atoms with Gasteiger partial charge in [0.15, 0.2) is 0 Å². The summed E-state index contributed by atoms with van der Waals surface area (Å²) in [4.78, 5) is 11.7. The maximum atomic E-state index is 11.7. The van der Waals surface area contributed by atoms with E-state index in [1.54, 1.807) is 30.0 Å². The Morgan fingerprint density at radius 2 is 2.31 bits per heavy atom. The van der Waals surface area contributed by atoms with Crippen LogP contribution < -0.4 is 11.1 Å². The molecule has 1 amide bonds. The molecule has 0 aliphatic carbocycles. The Balaban J connectivity index is 2.50. The first-order valence-corrected chi connectivity index (χ1v) is 6.74. The quantitative estimate of drug-likeness (QED) is 0.630. The Hall–Kier alpha value is -0.870. The molecule has 0 aliphatic rings. The van der Waals surface area contributed by atoms with Gasteiger partial charge >= 0.3 is 0 Å². The number of carbonyl (C=O) groups excluding carboxylic acids is 1. The predicted molar refractivity (Wildman–Crippen MR) is 71.2 cm³/mol. The van der Waals surface area contributed by atoms with Gasteiger partial charge in [0.25, 0.3) is 5.91 Å². The molecule has 0 saturated heterocycles. The van der Waals surface area contributed by atoms with Crippen molar-refractivity contribution in [1.82, 2.24) is 5.32 Å². The summed E-state index contributed by atoms with van der Waals surface area (Å²) in [6, 6.07) is 4.89. The summed E-state index contributed by atoms with van der Waals surface area (Å²) >= 11 is 7.60. The van der Waals surface area contributed by atoms with Crippen LogP contribution in [0.4, 0.5) is 5.69 Å². The average Bonchev–Trinajstić information content (AvgIpc) is 2.28. The molecule has 88 valence electrons. The van der Waals surface area contributed by atoms with Crippen molar-refractivity contribution >= 4 is 35.0 Å². The Labute approximate surface area is 105 Å². The first kappa shape index (κ1) is 13.2. The van der Waals surface area contributed by atoms with E-state index in [0.29, 0.717) is 22.8 Å². The molecule has 3 N–H and O–H groups in total. The minimum absolute atomic E-state index is 0.108. The second kappa shape index (κ2) is 6.66. The highest BCUT2D eigenvalue weighted by Gasteiger charge is 2.06. The Bertz CT molecular complexity index is 371. The molecule has 0 aromatic heterocycles. The van der Waals surface area contributed by atoms with Gasteiger partial charge in [-0.3, -0.25) is 4.79 Å². The summed E-state index contributed by atoms with van der Waals surface area (Å²) < 4.78 is 0. The molecular formula is C11H15ClN2OS. The number of anilines is 1. The van der Waals surface area contributed by atoms with Gasteiger partial charge in [-0.15, -0.1) is 0 Å². The van der Waals surface area contributed by atoms with E-state index in [1.807, 2.05) is 6.26 Å². The maximum absolute atomic E-state index is 11.7. The summed E-state index contributed by atoms with van der Waals surface area (Å²) in [7, 11) is 0. The Kier molecular flexibility index (Phi) is 5.49. The molecular weight excluding hydrogens is 244 g/mol. The van der Waals surface area contributed by atoms with Crippen molar-refractivity contribution in [2.45, 2.75) is 6.42 Å². The lowest BCUT2D eigenvalue weighted by molar-refractivity contribution is 0.0954. The minimum Gasteiger partial charge on any atom is -0.398 e. The van der Waals surface area contributed by atoms with E-state index in [9.17, 15) is 4.79 Å². The van der Waals surface area contributed by atoms with Crippen molar-refractivity contribution in [2.75, 3.05) is 24.3 Å². The molecule has 0 fully saturated rings. The minimum atomic E-state index is -0.108. The van der Waals surface area contributed by atoms with Crippen molar-refractivity contribution in [3.05, 3.63) is 28.8 Å². The molecule has 5 heteroatoms. The molecule has 0 radical (unpaired) electrons. The fourth-order valence-electron chi connectivity index (χ4n) is 1.19. The number of amides is 1. The van der Waals surface area contributed by atoms with Gasteiger partial charge in [-0.05, 0) is 36.6 Å². The van der Waals surface area contributed by atoms with Gasteiger partial charge in [0, 0.05) is 12.1 Å². The van der Waals surface area contributed by atoms with Crippen LogP contribution in [0.5, 0.6) is 0 Å². The van der Waals surface area contributed by atoms with Crippen LogP contribution in [-0.4, -0.2) is 24.5 Å². The van der Waals surface area contributed by atoms with E-state index in [0.717, 1.165) is 12.2 Å². The standard InChI is InChI=1S/C11H15ClN2OS/c1-16-6-2-5-14-11(15)8-3-4-10(13)9(12)7-8/h3-4,7H,2,5-6,13H2,1H3,(H,14,15). The van der Waals surface area contributed by atoms with Gasteiger partial charge in [-0.1, -0.05) is 11.6 Å². The molecule has 0 atom stereocenters. The van der Waals surface area contributed by atoms with Crippen molar-refractivity contribution in [3.8, 4) is 0 Å². The average molecular weight is 259 g/mol. The summed E-state index contributed by atoms with van der Waals surface area (Å²) in [6.45, 7) is 0.682. The molecule has 0 aliphatic heterocycles. The number of rotatable bonds is 5. The zero-order valence-corrected chi connectivity index (χ0v) is 10.7. The fourth-order valence-corrected chi connectivity index (χ4v) is 1.80. The third kappa shape index (κ3) is 3.94. The number of hydrogen-bond donors (Lipinski definition) is 2. The normalized spacial score (nSPS) is 10.1. The highest BCUT2D eigenvalue weighted by molar-refractivity contribution is 7.98. The monoisotopic (exact) mass is 258 g/mol. The van der Waals surface area contributed by atoms with Crippen LogP contribution in [0.15, 0.2) is 18.2 Å². The predicted octanol–water partition coefficient (Wildman–Crippen LogP) is 2.41. The summed E-state index contributed by atoms with van der Waals surface area (Å²) in [5.74, 6) is 0.936. The molecule has 1 rings (SSSR count). The molecule has 0 heterocycles. The number of nitrogens with one attached hydrogen (secondary N) is 1. The van der Waals surface area contributed by atoms with Gasteiger partial charge < -0.3 is 11.1 Å². The van der Waals surface area contributed by atoms with Gasteiger partial charge in [0.05, 0.1) is 10.7 Å². The van der Waals surface area contributed by atoms with Crippen LogP contribution in [0, 0.1) is 0 Å². The van der Waals surface area contributed by atoms with Crippen LogP contribution in [-0.2, 0) is 0 Å². The molecule has 16 heavy (non-hydrogen) atoms. The SMILES string of the molecule is CSCCCNC(=O)c1ccc(N)c(Cl)c1. The van der Waals surface area contributed by atoms with Crippen molar-refractivity contribution in [2.24, 2.45) is 0 Å². The highest BCUT2D eigenvalue weighted by atomic mass is 35.5. The molecule has 1 aromatic carbocycles. The van der Waals surface area contributed by atoms with E-state index in [2.05, 4.69) is 5.32 Å². The maximum Gasteiger partial charge on any atom is 0.251 e. The third-order valence-corrected chi connectivity index (χ3v) is 3.10. The van der Waals surface area contributed by atoms with E-state index in [-0.39, 0.29) is 5.91 Å². The van der Waals surface area contributed by atoms with Gasteiger partial charge in [-0.25, -0.2) is 0 Å². The number of hydrogen-bond acceptors (Lipinski definition) is 3. The summed E-state index contributed by atoms with van der Waals surface area (Å²) in [5, 5.41) is 3.24. The summed E-state index contributed by atoms with van der Waals surface area (Å²) in [6.07, 6.45) is 3.01. The number of nitrogen functional groups attached to an aromatic ring is 1. The van der Waals surface area contributed by atoms with E-state index >= 15 is 0 Å². The Morgan fingerprint density at radius 1 is 1.56 bits per heavy atom. The van der Waals surface area contributed by atoms with Crippen LogP contribution >= 0.6 is 23.4 Å². The van der Waals surface area contributed by atoms with Crippen LogP contribution in [0.1, 0.15) is 16.8 Å². The lowest BCUT2D eigenvalue weighted by Crippen LogP contribution is -2.24. The molecule has 3 nitrogen and oxygen atoms in total. The second-order valence-corrected chi connectivity index (χ2v) is 4.73. The zero-order valence-electron chi connectivity index (χ0n) is 9.13. The zero-order chi connectivity index (χ0) is 12.0. The molecule has 0 bridgehead atoms. The second-order valence-electron chi connectivity index (χ2n) is 3.34. The third-order valence-electron chi connectivity index (χ3n) is 2.07. The summed E-state index contributed by atoms with van der Waals surface area (Å²) in [5.41, 5.74) is 6.59. The number of thioether (sulfide) groups is 1. The lowest BCUT2D eigenvalue weighted by atomic mass is 10.2. The number of nitrogens with two attached hydrogens (primary N) is 1. The van der Waals surface area contributed by atoms with Gasteiger partial charge in [0.1, 0.15) is 0 Å². The fraction of sp³-hybridized carbons (Fsp3) is 0.364. The van der Waals surface area contributed by atoms with Crippen molar-refractivity contribution < 1.29 is 4.79 Å². The largest absolute Gasteiger partial charge is 0.398 e.